The van der Waals surface area contributed by atoms with Gasteiger partial charge in [-0.1, -0.05) is 61.5 Å². The predicted octanol–water partition coefficient (Wildman–Crippen LogP) is 7.48. The highest BCUT2D eigenvalue weighted by atomic mass is 19.4. The summed E-state index contributed by atoms with van der Waals surface area (Å²) in [5, 5.41) is 35.3. The van der Waals surface area contributed by atoms with E-state index in [0.29, 0.717) is 51.4 Å². The first-order valence-corrected chi connectivity index (χ1v) is 22.6. The largest absolute Gasteiger partial charge is 0.481 e. The maximum Gasteiger partial charge on any atom is 0.422 e. The Labute approximate surface area is 359 Å². The molecule has 5 heterocycles. The number of nitrogens with one attached hydrogen (secondary N) is 1. The normalized spacial score (nSPS) is 41.8. The number of carbonyl (C=O) groups excluding carboxylic acids is 2. The molecule has 4 fully saturated rings. The Balaban J connectivity index is 1.39. The van der Waals surface area contributed by atoms with Crippen molar-refractivity contribution in [3.63, 3.8) is 0 Å². The molecule has 13 nitrogen and oxygen atoms in total. The van der Waals surface area contributed by atoms with E-state index in [1.54, 1.807) is 19.1 Å². The maximum absolute atomic E-state index is 14.6. The summed E-state index contributed by atoms with van der Waals surface area (Å²) in [5.41, 5.74) is -2.00. The molecular formula is C45H72F3NO12. The van der Waals surface area contributed by atoms with Gasteiger partial charge >= 0.3 is 18.2 Å². The Bertz CT molecular complexity index is 1580. The van der Waals surface area contributed by atoms with Gasteiger partial charge in [-0.2, -0.15) is 13.2 Å². The molecule has 0 aromatic rings. The SMILES string of the molecule is CCC(C(=O)[C@@H](C)[C@@H](O)[C@H](C)[C@@H]1O[C@@H](C(CC)C(=O)O)CC[C@@H]1C)[C@H]1O[C@]2(C=C[C@@H](NC(=O)OCC(F)(F)F)[C@]3(CC[C@@](C)([C@H]4CC[C@](O)(CC)[C@H](C)O4)O3)O2)[C@H](C)C[C@@H]1C. The predicted molar refractivity (Wildman–Crippen MR) is 217 cm³/mol. The van der Waals surface area contributed by atoms with Crippen LogP contribution in [0.2, 0.25) is 0 Å². The van der Waals surface area contributed by atoms with Crippen molar-refractivity contribution in [1.82, 2.24) is 5.32 Å². The van der Waals surface area contributed by atoms with Crippen molar-refractivity contribution in [1.29, 1.82) is 0 Å². The summed E-state index contributed by atoms with van der Waals surface area (Å²) in [7, 11) is 0. The Morgan fingerprint density at radius 1 is 0.918 bits per heavy atom. The smallest absolute Gasteiger partial charge is 0.422 e. The van der Waals surface area contributed by atoms with E-state index < -0.39 is 114 Å². The van der Waals surface area contributed by atoms with Crippen LogP contribution >= 0.6 is 0 Å². The molecule has 18 atom stereocenters. The number of carboxylic acids is 1. The van der Waals surface area contributed by atoms with Crippen LogP contribution in [0.5, 0.6) is 0 Å². The summed E-state index contributed by atoms with van der Waals surface area (Å²) >= 11 is 0. The number of rotatable bonds is 14. The highest BCUT2D eigenvalue weighted by Crippen LogP contribution is 2.54. The van der Waals surface area contributed by atoms with Crippen LogP contribution in [0.1, 0.15) is 133 Å². The summed E-state index contributed by atoms with van der Waals surface area (Å²) in [5.74, 6) is -7.28. The van der Waals surface area contributed by atoms with E-state index in [9.17, 15) is 42.9 Å². The number of Topliss-reactive ketones (excluding diaryl/α,β-unsaturated/α-hetero) is 1. The molecule has 0 aromatic carbocycles. The van der Waals surface area contributed by atoms with Gasteiger partial charge in [0.2, 0.25) is 0 Å². The van der Waals surface area contributed by atoms with E-state index in [-0.39, 0.29) is 30.0 Å². The first kappa shape index (κ1) is 49.7. The number of hydrogen-bond acceptors (Lipinski definition) is 11. The molecule has 0 radical (unpaired) electrons. The molecule has 4 N–H and O–H groups in total. The number of ether oxygens (including phenoxy) is 6. The number of alkyl carbamates (subject to hydrolysis) is 1. The van der Waals surface area contributed by atoms with Gasteiger partial charge in [0.25, 0.3) is 0 Å². The number of amides is 1. The van der Waals surface area contributed by atoms with Gasteiger partial charge in [-0.15, -0.1) is 0 Å². The number of carbonyl (C=O) groups is 3. The van der Waals surface area contributed by atoms with Crippen LogP contribution in [0.25, 0.3) is 0 Å². The van der Waals surface area contributed by atoms with E-state index in [1.165, 1.54) is 0 Å². The average molecular weight is 876 g/mol. The minimum absolute atomic E-state index is 0.0409. The summed E-state index contributed by atoms with van der Waals surface area (Å²) in [4.78, 5) is 39.4. The van der Waals surface area contributed by atoms with Crippen LogP contribution in [0.4, 0.5) is 18.0 Å². The second-order valence-electron chi connectivity index (χ2n) is 19.3. The Hall–Kier alpha value is -2.34. The fraction of sp³-hybridized carbons (Fsp3) is 0.889. The molecular weight excluding hydrogens is 803 g/mol. The van der Waals surface area contributed by atoms with Crippen molar-refractivity contribution in [2.45, 2.75) is 205 Å². The van der Waals surface area contributed by atoms with Crippen LogP contribution in [-0.2, 0) is 38.0 Å². The third kappa shape index (κ3) is 10.3. The quantitative estimate of drug-likeness (QED) is 0.127. The zero-order valence-corrected chi connectivity index (χ0v) is 37.7. The lowest BCUT2D eigenvalue weighted by Crippen LogP contribution is -2.65. The van der Waals surface area contributed by atoms with Crippen molar-refractivity contribution >= 4 is 17.8 Å². The summed E-state index contributed by atoms with van der Waals surface area (Å²) in [6.07, 6.45) is -1.79. The lowest BCUT2D eigenvalue weighted by atomic mass is 9.72. The number of aliphatic hydroxyl groups excluding tert-OH is 1. The molecule has 0 aliphatic carbocycles. The lowest BCUT2D eigenvalue weighted by molar-refractivity contribution is -0.398. The van der Waals surface area contributed by atoms with Crippen LogP contribution in [0.3, 0.4) is 0 Å². The number of aliphatic carboxylic acids is 1. The Morgan fingerprint density at radius 2 is 1.59 bits per heavy atom. The van der Waals surface area contributed by atoms with E-state index in [1.807, 2.05) is 62.3 Å². The van der Waals surface area contributed by atoms with Gasteiger partial charge in [0.05, 0.1) is 53.7 Å². The van der Waals surface area contributed by atoms with Crippen LogP contribution in [0.15, 0.2) is 12.2 Å². The topological polar surface area (TPSA) is 179 Å². The molecule has 350 valence electrons. The number of alkyl halides is 3. The van der Waals surface area contributed by atoms with Crippen molar-refractivity contribution in [3.8, 4) is 0 Å². The minimum Gasteiger partial charge on any atom is -0.481 e. The molecule has 5 rings (SSSR count). The molecule has 4 saturated heterocycles. The van der Waals surface area contributed by atoms with Crippen molar-refractivity contribution in [3.05, 3.63) is 12.2 Å². The molecule has 16 heteroatoms. The second-order valence-corrected chi connectivity index (χ2v) is 19.3. The molecule has 0 saturated carbocycles. The molecule has 2 unspecified atom stereocenters. The third-order valence-corrected chi connectivity index (χ3v) is 15.1. The van der Waals surface area contributed by atoms with Gasteiger partial charge in [-0.05, 0) is 89.5 Å². The highest BCUT2D eigenvalue weighted by Gasteiger charge is 2.63. The molecule has 0 bridgehead atoms. The van der Waals surface area contributed by atoms with Gasteiger partial charge in [0.1, 0.15) is 11.8 Å². The van der Waals surface area contributed by atoms with E-state index >= 15 is 0 Å². The Kier molecular flexibility index (Phi) is 15.5. The third-order valence-electron chi connectivity index (χ3n) is 15.1. The van der Waals surface area contributed by atoms with Gasteiger partial charge < -0.3 is 49.1 Å². The number of halogens is 3. The van der Waals surface area contributed by atoms with E-state index in [4.69, 9.17) is 23.7 Å². The van der Waals surface area contributed by atoms with Crippen LogP contribution < -0.4 is 5.32 Å². The van der Waals surface area contributed by atoms with Crippen molar-refractivity contribution in [2.75, 3.05) is 6.61 Å². The first-order valence-electron chi connectivity index (χ1n) is 22.6. The fourth-order valence-electron chi connectivity index (χ4n) is 11.0. The number of aliphatic hydroxyl groups is 2. The molecule has 5 aliphatic rings. The lowest BCUT2D eigenvalue weighted by Gasteiger charge is -2.55. The molecule has 0 aromatic heterocycles. The molecule has 2 spiro atoms. The van der Waals surface area contributed by atoms with Crippen LogP contribution in [0, 0.1) is 41.4 Å². The molecule has 1 amide bonds. The van der Waals surface area contributed by atoms with Crippen molar-refractivity contribution in [2.24, 2.45) is 41.4 Å². The standard InChI is InChI=1S/C45H72F3NO12/c1-11-30(39(52)53)32-15-14-24(4)37(58-32)28(8)35(50)27(7)36(51)31(12-2)38-25(5)22-26(6)43(59-38)19-16-33(49-40(54)56-23-45(46,47)48)44(61-43)21-20-41(10,60-44)34-17-18-42(55,13-3)29(9)57-34/h16,19,24-35,37-38,50,55H,11-15,17-18,20-23H2,1-10H3,(H,49,54)(H,52,53)/t24-,25-,26+,27-,28-,29-,30?,31?,32+,33+,34+,35+,37+,38-,41-,42+,43-,44-/m0/s1. The van der Waals surface area contributed by atoms with Crippen molar-refractivity contribution < 1.29 is 71.3 Å². The molecule has 5 aliphatic heterocycles. The van der Waals surface area contributed by atoms with E-state index in [0.717, 1.165) is 6.42 Å². The van der Waals surface area contributed by atoms with Gasteiger partial charge in [0, 0.05) is 30.1 Å². The second kappa shape index (κ2) is 19.0. The molecule has 61 heavy (non-hydrogen) atoms. The zero-order chi connectivity index (χ0) is 45.5. The van der Waals surface area contributed by atoms with Gasteiger partial charge in [-0.3, -0.25) is 9.59 Å². The fourth-order valence-corrected chi connectivity index (χ4v) is 11.0. The summed E-state index contributed by atoms with van der Waals surface area (Å²) in [6, 6.07) is -1.10. The Morgan fingerprint density at radius 3 is 2.18 bits per heavy atom. The summed E-state index contributed by atoms with van der Waals surface area (Å²) < 4.78 is 77.4. The van der Waals surface area contributed by atoms with E-state index in [2.05, 4.69) is 10.1 Å². The highest BCUT2D eigenvalue weighted by molar-refractivity contribution is 5.84. The zero-order valence-electron chi connectivity index (χ0n) is 37.7. The first-order chi connectivity index (χ1) is 28.4. The summed E-state index contributed by atoms with van der Waals surface area (Å²) in [6.45, 7) is 17.0. The average Bonchev–Trinajstić information content (AvgIpc) is 3.54. The van der Waals surface area contributed by atoms with Crippen LogP contribution in [-0.4, -0.2) is 111 Å². The minimum atomic E-state index is -4.74. The van der Waals surface area contributed by atoms with Gasteiger partial charge in [0.15, 0.2) is 18.2 Å². The number of carboxylic acid groups (broad SMARTS) is 1. The monoisotopic (exact) mass is 876 g/mol. The van der Waals surface area contributed by atoms with Gasteiger partial charge in [-0.25, -0.2) is 4.79 Å². The number of ketones is 1. The maximum atomic E-state index is 14.6. The number of hydrogen-bond donors (Lipinski definition) is 4.